The number of para-hydroxylation sites is 1. The summed E-state index contributed by atoms with van der Waals surface area (Å²) < 4.78 is 2.39. The molecule has 0 N–H and O–H groups in total. The summed E-state index contributed by atoms with van der Waals surface area (Å²) in [6.07, 6.45) is 0. The van der Waals surface area contributed by atoms with E-state index in [4.69, 9.17) is 9.97 Å². The van der Waals surface area contributed by atoms with Crippen LogP contribution in [0.2, 0.25) is 0 Å². The van der Waals surface area contributed by atoms with Gasteiger partial charge in [0.25, 0.3) is 0 Å². The van der Waals surface area contributed by atoms with E-state index < -0.39 is 0 Å². The van der Waals surface area contributed by atoms with Crippen LogP contribution in [0.3, 0.4) is 0 Å². The molecule has 3 nitrogen and oxygen atoms in total. The topological polar surface area (TPSA) is 30.7 Å². The van der Waals surface area contributed by atoms with Crippen molar-refractivity contribution in [2.45, 2.75) is 0 Å². The summed E-state index contributed by atoms with van der Waals surface area (Å²) in [5.74, 6) is 0. The van der Waals surface area contributed by atoms with Gasteiger partial charge in [-0.05, 0) is 52.6 Å². The molecule has 9 rings (SSSR count). The van der Waals surface area contributed by atoms with Crippen molar-refractivity contribution in [3.05, 3.63) is 152 Å². The predicted octanol–water partition coefficient (Wildman–Crippen LogP) is 10.4. The van der Waals surface area contributed by atoms with Crippen LogP contribution in [-0.2, 0) is 0 Å². The van der Waals surface area contributed by atoms with E-state index in [9.17, 15) is 0 Å². The van der Waals surface area contributed by atoms with Crippen molar-refractivity contribution in [2.24, 2.45) is 0 Å². The van der Waals surface area contributed by atoms with Crippen molar-refractivity contribution in [3.63, 3.8) is 0 Å². The Hall–Kier alpha value is -5.80. The molecule has 43 heavy (non-hydrogen) atoms. The molecule has 0 aliphatic heterocycles. The van der Waals surface area contributed by atoms with E-state index in [1.807, 2.05) is 12.1 Å². The van der Waals surface area contributed by atoms with Gasteiger partial charge in [-0.2, -0.15) is 0 Å². The zero-order chi connectivity index (χ0) is 28.3. The Morgan fingerprint density at radius 1 is 0.395 bits per heavy atom. The molecule has 0 spiro atoms. The van der Waals surface area contributed by atoms with Gasteiger partial charge in [-0.25, -0.2) is 9.97 Å². The minimum atomic E-state index is 0.886. The Kier molecular flexibility index (Phi) is 5.20. The largest absolute Gasteiger partial charge is 0.309 e. The number of aromatic nitrogens is 3. The van der Waals surface area contributed by atoms with E-state index >= 15 is 0 Å². The highest BCUT2D eigenvalue weighted by atomic mass is 15.0. The molecule has 0 aliphatic rings. The van der Waals surface area contributed by atoms with Crippen LogP contribution in [0.25, 0.3) is 82.6 Å². The number of benzene rings is 7. The summed E-state index contributed by atoms with van der Waals surface area (Å²) in [5.41, 5.74) is 9.18. The van der Waals surface area contributed by atoms with Gasteiger partial charge in [0.2, 0.25) is 0 Å². The first-order valence-corrected chi connectivity index (χ1v) is 14.6. The van der Waals surface area contributed by atoms with Gasteiger partial charge in [0.1, 0.15) is 0 Å². The fourth-order valence-electron chi connectivity index (χ4n) is 6.49. The third-order valence-corrected chi connectivity index (χ3v) is 8.53. The molecule has 0 amide bonds. The summed E-state index contributed by atoms with van der Waals surface area (Å²) in [6.45, 7) is 0. The molecule has 0 bridgehead atoms. The van der Waals surface area contributed by atoms with Crippen molar-refractivity contribution in [2.75, 3.05) is 0 Å². The minimum Gasteiger partial charge on any atom is -0.309 e. The number of hydrogen-bond acceptors (Lipinski definition) is 2. The van der Waals surface area contributed by atoms with Gasteiger partial charge in [0, 0.05) is 33.0 Å². The molecular formula is C40H25N3. The van der Waals surface area contributed by atoms with Gasteiger partial charge in [0.05, 0.1) is 33.5 Å². The molecule has 0 atom stereocenters. The van der Waals surface area contributed by atoms with E-state index in [-0.39, 0.29) is 0 Å². The molecule has 0 radical (unpaired) electrons. The maximum atomic E-state index is 5.37. The maximum Gasteiger partial charge on any atom is 0.0973 e. The third-order valence-electron chi connectivity index (χ3n) is 8.53. The summed E-state index contributed by atoms with van der Waals surface area (Å²) >= 11 is 0. The molecule has 0 unspecified atom stereocenters. The van der Waals surface area contributed by atoms with Gasteiger partial charge in [0.15, 0.2) is 0 Å². The second-order valence-corrected chi connectivity index (χ2v) is 11.1. The van der Waals surface area contributed by atoms with Crippen molar-refractivity contribution in [1.29, 1.82) is 0 Å². The fourth-order valence-corrected chi connectivity index (χ4v) is 6.49. The fraction of sp³-hybridized carbons (Fsp3) is 0. The number of nitrogens with zero attached hydrogens (tertiary/aromatic N) is 3. The lowest BCUT2D eigenvalue weighted by molar-refractivity contribution is 1.19. The van der Waals surface area contributed by atoms with Crippen LogP contribution >= 0.6 is 0 Å². The van der Waals surface area contributed by atoms with E-state index in [0.29, 0.717) is 0 Å². The van der Waals surface area contributed by atoms with Crippen LogP contribution < -0.4 is 0 Å². The highest BCUT2D eigenvalue weighted by Gasteiger charge is 2.17. The second kappa shape index (κ2) is 9.37. The average Bonchev–Trinajstić information content (AvgIpc) is 3.40. The SMILES string of the molecule is c1ccc(-c2nc3ccc4ccc(-n5c6ccccc6c6cc7ccccc7cc65)cc4c3nc2-c2ccccc2)cc1. The number of fused-ring (bicyclic) bond motifs is 7. The van der Waals surface area contributed by atoms with Crippen LogP contribution in [0.1, 0.15) is 0 Å². The van der Waals surface area contributed by atoms with Crippen LogP contribution in [0, 0.1) is 0 Å². The molecule has 0 saturated heterocycles. The maximum absolute atomic E-state index is 5.37. The molecule has 0 saturated carbocycles. The summed E-state index contributed by atoms with van der Waals surface area (Å²) in [4.78, 5) is 10.6. The highest BCUT2D eigenvalue weighted by Crippen LogP contribution is 2.37. The van der Waals surface area contributed by atoms with E-state index in [1.165, 1.54) is 32.6 Å². The first-order chi connectivity index (χ1) is 21.3. The Morgan fingerprint density at radius 2 is 1.02 bits per heavy atom. The summed E-state index contributed by atoms with van der Waals surface area (Å²) in [7, 11) is 0. The van der Waals surface area contributed by atoms with Crippen molar-refractivity contribution in [3.8, 4) is 28.2 Å². The van der Waals surface area contributed by atoms with Crippen molar-refractivity contribution < 1.29 is 0 Å². The quantitative estimate of drug-likeness (QED) is 0.206. The van der Waals surface area contributed by atoms with Gasteiger partial charge < -0.3 is 4.57 Å². The molecule has 0 fully saturated rings. The van der Waals surface area contributed by atoms with E-state index in [1.54, 1.807) is 0 Å². The van der Waals surface area contributed by atoms with Gasteiger partial charge >= 0.3 is 0 Å². The van der Waals surface area contributed by atoms with Crippen LogP contribution in [0.15, 0.2) is 152 Å². The van der Waals surface area contributed by atoms with Crippen molar-refractivity contribution in [1.82, 2.24) is 14.5 Å². The molecule has 2 heterocycles. The van der Waals surface area contributed by atoms with Crippen LogP contribution in [0.5, 0.6) is 0 Å². The van der Waals surface area contributed by atoms with Crippen molar-refractivity contribution >= 4 is 54.4 Å². The predicted molar refractivity (Wildman–Crippen MR) is 180 cm³/mol. The Morgan fingerprint density at radius 3 is 1.79 bits per heavy atom. The lowest BCUT2D eigenvalue weighted by Crippen LogP contribution is -1.97. The molecule has 0 aliphatic carbocycles. The van der Waals surface area contributed by atoms with E-state index in [0.717, 1.165) is 50.0 Å². The molecule has 200 valence electrons. The lowest BCUT2D eigenvalue weighted by Gasteiger charge is -2.14. The first-order valence-electron chi connectivity index (χ1n) is 14.6. The number of rotatable bonds is 3. The second-order valence-electron chi connectivity index (χ2n) is 11.1. The van der Waals surface area contributed by atoms with Crippen LogP contribution in [-0.4, -0.2) is 14.5 Å². The summed E-state index contributed by atoms with van der Waals surface area (Å²) in [5, 5.41) is 7.22. The molecule has 3 heteroatoms. The molecule has 9 aromatic rings. The normalized spacial score (nSPS) is 11.7. The monoisotopic (exact) mass is 547 g/mol. The smallest absolute Gasteiger partial charge is 0.0973 e. The molecular weight excluding hydrogens is 522 g/mol. The Labute approximate surface area is 248 Å². The van der Waals surface area contributed by atoms with Gasteiger partial charge in [-0.15, -0.1) is 0 Å². The van der Waals surface area contributed by atoms with E-state index in [2.05, 4.69) is 144 Å². The number of hydrogen-bond donors (Lipinski definition) is 0. The Bertz CT molecular complexity index is 2490. The van der Waals surface area contributed by atoms with Gasteiger partial charge in [-0.1, -0.05) is 115 Å². The first kappa shape index (κ1) is 23.9. The highest BCUT2D eigenvalue weighted by molar-refractivity contribution is 6.14. The standard InChI is InChI=1S/C40H25N3/c1-3-11-27(12-4-1)38-39(28-13-5-2-6-14-28)42-40-33-25-31(21-19-26(33)20-22-35(40)41-38)43-36-18-10-9-17-32(36)34-23-29-15-7-8-16-30(29)24-37(34)43/h1-25H. The van der Waals surface area contributed by atoms with Gasteiger partial charge in [-0.3, -0.25) is 0 Å². The third kappa shape index (κ3) is 3.75. The zero-order valence-electron chi connectivity index (χ0n) is 23.3. The summed E-state index contributed by atoms with van der Waals surface area (Å²) in [6, 6.07) is 53.6. The molecule has 2 aromatic heterocycles. The Balaban J connectivity index is 1.35. The van der Waals surface area contributed by atoms with Crippen LogP contribution in [0.4, 0.5) is 0 Å². The average molecular weight is 548 g/mol. The molecule has 7 aromatic carbocycles. The minimum absolute atomic E-state index is 0.886. The lowest BCUT2D eigenvalue weighted by atomic mass is 10.0. The zero-order valence-corrected chi connectivity index (χ0v) is 23.3.